The van der Waals surface area contributed by atoms with E-state index in [1.807, 2.05) is 18.2 Å². The van der Waals surface area contributed by atoms with E-state index in [0.717, 1.165) is 30.7 Å². The summed E-state index contributed by atoms with van der Waals surface area (Å²) < 4.78 is 5.45. The molecule has 18 heavy (non-hydrogen) atoms. The average molecular weight is 241 g/mol. The Balaban J connectivity index is 1.92. The lowest BCUT2D eigenvalue weighted by Gasteiger charge is -2.17. The Morgan fingerprint density at radius 3 is 2.67 bits per heavy atom. The number of hydrogen-bond donors (Lipinski definition) is 0. The standard InChI is InChI=1S/C15H15NO2/c17-11-14-6-7-15(18-14)12-4-3-5-13(10-12)16-8-1-2-9-16/h3-7,10-11H,1-2,8-9H2. The van der Waals surface area contributed by atoms with Crippen LogP contribution in [-0.2, 0) is 0 Å². The Morgan fingerprint density at radius 2 is 1.94 bits per heavy atom. The third kappa shape index (κ3) is 2.04. The maximum absolute atomic E-state index is 10.6. The highest BCUT2D eigenvalue weighted by Gasteiger charge is 2.13. The van der Waals surface area contributed by atoms with Crippen LogP contribution in [0.3, 0.4) is 0 Å². The molecule has 1 aliphatic rings. The zero-order chi connectivity index (χ0) is 12.4. The Kier molecular flexibility index (Phi) is 2.89. The maximum atomic E-state index is 10.6. The highest BCUT2D eigenvalue weighted by molar-refractivity contribution is 5.73. The zero-order valence-electron chi connectivity index (χ0n) is 10.1. The third-order valence-electron chi connectivity index (χ3n) is 3.34. The molecule has 2 heterocycles. The lowest BCUT2D eigenvalue weighted by atomic mass is 10.1. The second kappa shape index (κ2) is 4.69. The van der Waals surface area contributed by atoms with Crippen molar-refractivity contribution >= 4 is 12.0 Å². The smallest absolute Gasteiger partial charge is 0.185 e. The first kappa shape index (κ1) is 11.1. The van der Waals surface area contributed by atoms with Gasteiger partial charge in [0.15, 0.2) is 12.0 Å². The van der Waals surface area contributed by atoms with E-state index >= 15 is 0 Å². The number of rotatable bonds is 3. The molecule has 1 saturated heterocycles. The molecular formula is C15H15NO2. The van der Waals surface area contributed by atoms with Crippen molar-refractivity contribution < 1.29 is 9.21 Å². The van der Waals surface area contributed by atoms with Crippen LogP contribution >= 0.6 is 0 Å². The second-order valence-electron chi connectivity index (χ2n) is 4.56. The molecule has 0 saturated carbocycles. The quantitative estimate of drug-likeness (QED) is 0.772. The van der Waals surface area contributed by atoms with Crippen molar-refractivity contribution in [1.29, 1.82) is 0 Å². The van der Waals surface area contributed by atoms with E-state index in [0.29, 0.717) is 5.76 Å². The first-order chi connectivity index (χ1) is 8.86. The molecule has 0 atom stereocenters. The van der Waals surface area contributed by atoms with Crippen LogP contribution in [0.1, 0.15) is 23.4 Å². The molecule has 2 aromatic rings. The van der Waals surface area contributed by atoms with Gasteiger partial charge in [0.05, 0.1) is 0 Å². The summed E-state index contributed by atoms with van der Waals surface area (Å²) in [6.07, 6.45) is 3.26. The first-order valence-electron chi connectivity index (χ1n) is 6.27. The highest BCUT2D eigenvalue weighted by atomic mass is 16.3. The van der Waals surface area contributed by atoms with Crippen LogP contribution in [0.2, 0.25) is 0 Å². The fraction of sp³-hybridized carbons (Fsp3) is 0.267. The van der Waals surface area contributed by atoms with E-state index < -0.39 is 0 Å². The minimum Gasteiger partial charge on any atom is -0.453 e. The number of hydrogen-bond acceptors (Lipinski definition) is 3. The Bertz CT molecular complexity index is 553. The topological polar surface area (TPSA) is 33.5 Å². The number of carbonyl (C=O) groups excluding carboxylic acids is 1. The zero-order valence-corrected chi connectivity index (χ0v) is 10.1. The summed E-state index contributed by atoms with van der Waals surface area (Å²) in [6.45, 7) is 2.25. The van der Waals surface area contributed by atoms with Crippen molar-refractivity contribution in [2.24, 2.45) is 0 Å². The summed E-state index contributed by atoms with van der Waals surface area (Å²) in [5.74, 6) is 1.12. The molecule has 0 N–H and O–H groups in total. The molecular weight excluding hydrogens is 226 g/mol. The molecule has 1 aromatic carbocycles. The number of aldehydes is 1. The molecule has 0 bridgehead atoms. The predicted octanol–water partition coefficient (Wildman–Crippen LogP) is 3.36. The fourth-order valence-corrected chi connectivity index (χ4v) is 2.40. The molecule has 0 radical (unpaired) electrons. The first-order valence-corrected chi connectivity index (χ1v) is 6.27. The van der Waals surface area contributed by atoms with Crippen LogP contribution in [0.4, 0.5) is 5.69 Å². The lowest BCUT2D eigenvalue weighted by molar-refractivity contribution is 0.110. The molecule has 1 aromatic heterocycles. The van der Waals surface area contributed by atoms with E-state index in [2.05, 4.69) is 17.0 Å². The molecule has 1 aliphatic heterocycles. The average Bonchev–Trinajstić information content (AvgIpc) is 3.10. The van der Waals surface area contributed by atoms with E-state index in [1.165, 1.54) is 18.5 Å². The molecule has 0 spiro atoms. The van der Waals surface area contributed by atoms with Gasteiger partial charge in [-0.25, -0.2) is 0 Å². The highest BCUT2D eigenvalue weighted by Crippen LogP contribution is 2.27. The van der Waals surface area contributed by atoms with Gasteiger partial charge in [0, 0.05) is 24.3 Å². The summed E-state index contributed by atoms with van der Waals surface area (Å²) in [5.41, 5.74) is 2.25. The van der Waals surface area contributed by atoms with E-state index in [4.69, 9.17) is 4.42 Å². The Labute approximate surface area is 106 Å². The minimum atomic E-state index is 0.372. The van der Waals surface area contributed by atoms with E-state index in [-0.39, 0.29) is 0 Å². The van der Waals surface area contributed by atoms with Gasteiger partial charge >= 0.3 is 0 Å². The molecule has 3 rings (SSSR count). The van der Waals surface area contributed by atoms with Gasteiger partial charge in [-0.2, -0.15) is 0 Å². The summed E-state index contributed by atoms with van der Waals surface area (Å²) in [5, 5.41) is 0. The van der Waals surface area contributed by atoms with Crippen molar-refractivity contribution in [2.75, 3.05) is 18.0 Å². The van der Waals surface area contributed by atoms with Gasteiger partial charge in [0.1, 0.15) is 5.76 Å². The van der Waals surface area contributed by atoms with E-state index in [1.54, 1.807) is 6.07 Å². The van der Waals surface area contributed by atoms with Gasteiger partial charge in [0.2, 0.25) is 0 Å². The monoisotopic (exact) mass is 241 g/mol. The van der Waals surface area contributed by atoms with Gasteiger partial charge in [-0.05, 0) is 37.1 Å². The van der Waals surface area contributed by atoms with Gasteiger partial charge < -0.3 is 9.32 Å². The Hall–Kier alpha value is -2.03. The van der Waals surface area contributed by atoms with Crippen LogP contribution in [0.5, 0.6) is 0 Å². The van der Waals surface area contributed by atoms with E-state index in [9.17, 15) is 4.79 Å². The molecule has 3 nitrogen and oxygen atoms in total. The van der Waals surface area contributed by atoms with Gasteiger partial charge in [-0.3, -0.25) is 4.79 Å². The van der Waals surface area contributed by atoms with Crippen LogP contribution in [0, 0.1) is 0 Å². The number of benzene rings is 1. The van der Waals surface area contributed by atoms with Crippen molar-refractivity contribution in [1.82, 2.24) is 0 Å². The molecule has 1 fully saturated rings. The van der Waals surface area contributed by atoms with Crippen LogP contribution < -0.4 is 4.90 Å². The van der Waals surface area contributed by atoms with Crippen LogP contribution in [0.15, 0.2) is 40.8 Å². The van der Waals surface area contributed by atoms with Crippen LogP contribution in [-0.4, -0.2) is 19.4 Å². The molecule has 0 unspecified atom stereocenters. The Morgan fingerprint density at radius 1 is 1.11 bits per heavy atom. The molecule has 0 aliphatic carbocycles. The summed E-state index contributed by atoms with van der Waals surface area (Å²) in [6, 6.07) is 11.8. The largest absolute Gasteiger partial charge is 0.453 e. The number of nitrogens with zero attached hydrogens (tertiary/aromatic N) is 1. The normalized spacial score (nSPS) is 15.0. The van der Waals surface area contributed by atoms with Gasteiger partial charge in [-0.1, -0.05) is 12.1 Å². The van der Waals surface area contributed by atoms with Gasteiger partial charge in [0.25, 0.3) is 0 Å². The fourth-order valence-electron chi connectivity index (χ4n) is 2.40. The predicted molar refractivity (Wildman–Crippen MR) is 71.0 cm³/mol. The van der Waals surface area contributed by atoms with Crippen molar-refractivity contribution in [2.45, 2.75) is 12.8 Å². The van der Waals surface area contributed by atoms with Crippen molar-refractivity contribution in [3.8, 4) is 11.3 Å². The molecule has 0 amide bonds. The molecule has 92 valence electrons. The summed E-state index contributed by atoms with van der Waals surface area (Å²) >= 11 is 0. The van der Waals surface area contributed by atoms with Crippen LogP contribution in [0.25, 0.3) is 11.3 Å². The van der Waals surface area contributed by atoms with Crippen molar-refractivity contribution in [3.63, 3.8) is 0 Å². The SMILES string of the molecule is O=Cc1ccc(-c2cccc(N3CCCC3)c2)o1. The summed E-state index contributed by atoms with van der Waals surface area (Å²) in [4.78, 5) is 13.0. The minimum absolute atomic E-state index is 0.372. The lowest BCUT2D eigenvalue weighted by Crippen LogP contribution is -2.17. The third-order valence-corrected chi connectivity index (χ3v) is 3.34. The van der Waals surface area contributed by atoms with Crippen molar-refractivity contribution in [3.05, 3.63) is 42.2 Å². The second-order valence-corrected chi connectivity index (χ2v) is 4.56. The number of carbonyl (C=O) groups is 1. The summed E-state index contributed by atoms with van der Waals surface area (Å²) in [7, 11) is 0. The molecule has 3 heteroatoms. The number of anilines is 1. The van der Waals surface area contributed by atoms with Gasteiger partial charge in [-0.15, -0.1) is 0 Å². The maximum Gasteiger partial charge on any atom is 0.185 e. The number of furan rings is 1.